The number of aryl methyl sites for hydroxylation is 1. The van der Waals surface area contributed by atoms with Gasteiger partial charge in [-0.3, -0.25) is 19.3 Å². The Morgan fingerprint density at radius 3 is 2.50 bits per heavy atom. The van der Waals surface area contributed by atoms with Crippen LogP contribution in [0.1, 0.15) is 30.6 Å². The molecule has 0 atom stereocenters. The molecule has 2 heterocycles. The molecule has 1 aromatic heterocycles. The summed E-state index contributed by atoms with van der Waals surface area (Å²) in [6, 6.07) is 1.68. The number of nitrogens with zero attached hydrogens (tertiary/aromatic N) is 2. The molecule has 5 nitrogen and oxygen atoms in total. The van der Waals surface area contributed by atoms with Crippen molar-refractivity contribution in [3.05, 3.63) is 24.0 Å². The number of carbonyl (C=O) groups excluding carboxylic acids is 3. The Hall–Kier alpha value is -1.91. The summed E-state index contributed by atoms with van der Waals surface area (Å²) in [6.07, 6.45) is 3.61. The van der Waals surface area contributed by atoms with Gasteiger partial charge in [-0.05, 0) is 6.07 Å². The number of hydrogen-bond donors (Lipinski definition) is 0. The van der Waals surface area contributed by atoms with E-state index in [0.29, 0.717) is 5.56 Å². The lowest BCUT2D eigenvalue weighted by Gasteiger charge is -2.16. The zero-order valence-electron chi connectivity index (χ0n) is 10.8. The zero-order valence-corrected chi connectivity index (χ0v) is 10.8. The first-order valence-electron chi connectivity index (χ1n) is 5.81. The molecule has 0 aromatic carbocycles. The van der Waals surface area contributed by atoms with Crippen molar-refractivity contribution in [3.63, 3.8) is 0 Å². The Kier molecular flexibility index (Phi) is 2.84. The molecule has 0 saturated carbocycles. The van der Waals surface area contributed by atoms with Gasteiger partial charge in [-0.1, -0.05) is 13.8 Å². The summed E-state index contributed by atoms with van der Waals surface area (Å²) < 4.78 is 1.75. The van der Waals surface area contributed by atoms with Gasteiger partial charge in [0.2, 0.25) is 11.8 Å². The summed E-state index contributed by atoms with van der Waals surface area (Å²) in [5.74, 6) is -0.749. The van der Waals surface area contributed by atoms with Crippen LogP contribution in [0.5, 0.6) is 0 Å². The number of likely N-dealkylation sites (tertiary alicyclic amines) is 1. The van der Waals surface area contributed by atoms with Crippen molar-refractivity contribution in [1.82, 2.24) is 9.47 Å². The summed E-state index contributed by atoms with van der Waals surface area (Å²) in [4.78, 5) is 36.7. The van der Waals surface area contributed by atoms with Gasteiger partial charge in [0.15, 0.2) is 5.78 Å². The molecular weight excluding hydrogens is 232 g/mol. The molecule has 1 aliphatic heterocycles. The highest BCUT2D eigenvalue weighted by molar-refractivity contribution is 6.10. The Morgan fingerprint density at radius 1 is 1.39 bits per heavy atom. The Morgan fingerprint density at radius 2 is 2.06 bits per heavy atom. The average Bonchev–Trinajstić information content (AvgIpc) is 2.77. The minimum Gasteiger partial charge on any atom is -0.357 e. The Balaban J connectivity index is 2.13. The van der Waals surface area contributed by atoms with Gasteiger partial charge in [-0.25, -0.2) is 0 Å². The van der Waals surface area contributed by atoms with E-state index in [4.69, 9.17) is 0 Å². The van der Waals surface area contributed by atoms with Crippen LogP contribution in [0.2, 0.25) is 0 Å². The molecule has 18 heavy (non-hydrogen) atoms. The molecule has 0 bridgehead atoms. The number of rotatable bonds is 3. The van der Waals surface area contributed by atoms with Crippen LogP contribution in [0.25, 0.3) is 0 Å². The van der Waals surface area contributed by atoms with Gasteiger partial charge in [0.05, 0.1) is 12.0 Å². The monoisotopic (exact) mass is 248 g/mol. The van der Waals surface area contributed by atoms with Gasteiger partial charge >= 0.3 is 0 Å². The molecule has 1 saturated heterocycles. The second-order valence-electron chi connectivity index (χ2n) is 5.33. The van der Waals surface area contributed by atoms with Crippen molar-refractivity contribution in [3.8, 4) is 0 Å². The van der Waals surface area contributed by atoms with E-state index in [2.05, 4.69) is 0 Å². The van der Waals surface area contributed by atoms with Crippen molar-refractivity contribution in [1.29, 1.82) is 0 Å². The minimum atomic E-state index is -0.686. The van der Waals surface area contributed by atoms with Crippen LogP contribution in [-0.4, -0.2) is 33.6 Å². The number of amides is 2. The van der Waals surface area contributed by atoms with Crippen molar-refractivity contribution in [2.75, 3.05) is 6.54 Å². The quantitative estimate of drug-likeness (QED) is 0.592. The van der Waals surface area contributed by atoms with E-state index in [-0.39, 0.29) is 30.6 Å². The number of hydrogen-bond acceptors (Lipinski definition) is 3. The van der Waals surface area contributed by atoms with E-state index in [1.54, 1.807) is 36.9 Å². The van der Waals surface area contributed by atoms with E-state index in [9.17, 15) is 14.4 Å². The van der Waals surface area contributed by atoms with E-state index >= 15 is 0 Å². The molecule has 0 unspecified atom stereocenters. The van der Waals surface area contributed by atoms with E-state index in [0.717, 1.165) is 4.90 Å². The van der Waals surface area contributed by atoms with Gasteiger partial charge < -0.3 is 4.57 Å². The molecule has 0 aliphatic carbocycles. The third-order valence-electron chi connectivity index (χ3n) is 3.17. The van der Waals surface area contributed by atoms with Crippen LogP contribution >= 0.6 is 0 Å². The fraction of sp³-hybridized carbons (Fsp3) is 0.462. The molecule has 0 spiro atoms. The first-order chi connectivity index (χ1) is 8.31. The van der Waals surface area contributed by atoms with Crippen LogP contribution < -0.4 is 0 Å². The third kappa shape index (κ3) is 2.08. The summed E-state index contributed by atoms with van der Waals surface area (Å²) in [7, 11) is 1.81. The van der Waals surface area contributed by atoms with Crippen molar-refractivity contribution >= 4 is 17.6 Å². The smallest absolute Gasteiger partial charge is 0.235 e. The first-order valence-corrected chi connectivity index (χ1v) is 5.81. The average molecular weight is 248 g/mol. The molecule has 1 aliphatic rings. The second kappa shape index (κ2) is 4.08. The lowest BCUT2D eigenvalue weighted by molar-refractivity contribution is -0.140. The number of carbonyl (C=O) groups is 3. The lowest BCUT2D eigenvalue weighted by atomic mass is 9.92. The van der Waals surface area contributed by atoms with Crippen molar-refractivity contribution in [2.24, 2.45) is 12.5 Å². The number of aromatic nitrogens is 1. The summed E-state index contributed by atoms with van der Waals surface area (Å²) in [5, 5.41) is 0. The van der Waals surface area contributed by atoms with Gasteiger partial charge in [-0.15, -0.1) is 0 Å². The Labute approximate surface area is 105 Å². The molecule has 1 fully saturated rings. The molecule has 96 valence electrons. The molecular formula is C13H16N2O3. The fourth-order valence-electron chi connectivity index (χ4n) is 2.09. The van der Waals surface area contributed by atoms with Crippen LogP contribution in [0.15, 0.2) is 18.5 Å². The fourth-order valence-corrected chi connectivity index (χ4v) is 2.09. The molecule has 1 aromatic rings. The van der Waals surface area contributed by atoms with Gasteiger partial charge in [0.25, 0.3) is 0 Å². The number of imide groups is 1. The zero-order chi connectivity index (χ0) is 13.5. The number of ketones is 1. The van der Waals surface area contributed by atoms with Crippen LogP contribution in [0, 0.1) is 5.41 Å². The molecule has 2 amide bonds. The topological polar surface area (TPSA) is 59.4 Å². The standard InChI is InChI=1S/C13H16N2O3/c1-13(2)6-11(17)15(12(13)18)8-10(16)9-4-5-14(3)7-9/h4-5,7H,6,8H2,1-3H3. The largest absolute Gasteiger partial charge is 0.357 e. The highest BCUT2D eigenvalue weighted by Gasteiger charge is 2.45. The summed E-state index contributed by atoms with van der Waals surface area (Å²) in [6.45, 7) is 3.28. The van der Waals surface area contributed by atoms with Gasteiger partial charge in [0, 0.05) is 31.4 Å². The van der Waals surface area contributed by atoms with Gasteiger partial charge in [0.1, 0.15) is 0 Å². The minimum absolute atomic E-state index is 0.162. The maximum atomic E-state index is 12.0. The van der Waals surface area contributed by atoms with E-state index in [1.807, 2.05) is 7.05 Å². The van der Waals surface area contributed by atoms with Crippen molar-refractivity contribution in [2.45, 2.75) is 20.3 Å². The van der Waals surface area contributed by atoms with Gasteiger partial charge in [-0.2, -0.15) is 0 Å². The van der Waals surface area contributed by atoms with Crippen LogP contribution in [0.4, 0.5) is 0 Å². The SMILES string of the molecule is Cn1ccc(C(=O)CN2C(=O)CC(C)(C)C2=O)c1. The predicted molar refractivity (Wildman–Crippen MR) is 64.9 cm³/mol. The van der Waals surface area contributed by atoms with E-state index < -0.39 is 5.41 Å². The molecule has 0 N–H and O–H groups in total. The maximum absolute atomic E-state index is 12.0. The normalized spacial score (nSPS) is 18.5. The first kappa shape index (κ1) is 12.5. The number of Topliss-reactive ketones (excluding diaryl/α,β-unsaturated/α-hetero) is 1. The third-order valence-corrected chi connectivity index (χ3v) is 3.17. The maximum Gasteiger partial charge on any atom is 0.235 e. The van der Waals surface area contributed by atoms with Crippen molar-refractivity contribution < 1.29 is 14.4 Å². The second-order valence-corrected chi connectivity index (χ2v) is 5.33. The lowest BCUT2D eigenvalue weighted by Crippen LogP contribution is -2.37. The van der Waals surface area contributed by atoms with E-state index in [1.165, 1.54) is 0 Å². The summed E-state index contributed by atoms with van der Waals surface area (Å²) >= 11 is 0. The Bertz CT molecular complexity index is 528. The highest BCUT2D eigenvalue weighted by Crippen LogP contribution is 2.31. The molecule has 0 radical (unpaired) electrons. The molecule has 2 rings (SSSR count). The summed E-state index contributed by atoms with van der Waals surface area (Å²) in [5.41, 5.74) is -0.170. The van der Waals surface area contributed by atoms with Crippen LogP contribution in [-0.2, 0) is 16.6 Å². The van der Waals surface area contributed by atoms with Crippen LogP contribution in [0.3, 0.4) is 0 Å². The predicted octanol–water partition coefficient (Wildman–Crippen LogP) is 0.993. The molecule has 5 heteroatoms. The highest BCUT2D eigenvalue weighted by atomic mass is 16.2.